The third-order valence-corrected chi connectivity index (χ3v) is 2.49. The minimum atomic E-state index is -0.573. The molecule has 6 heteroatoms. The second kappa shape index (κ2) is 4.92. The largest absolute Gasteiger partial charge is 0.465 e. The normalized spacial score (nSPS) is 10.2. The van der Waals surface area contributed by atoms with E-state index in [-0.39, 0.29) is 11.9 Å². The van der Waals surface area contributed by atoms with Crippen molar-refractivity contribution in [2.75, 3.05) is 13.9 Å². The molecule has 0 amide bonds. The number of hydrogen-bond acceptors (Lipinski definition) is 3. The summed E-state index contributed by atoms with van der Waals surface area (Å²) in [6.45, 7) is 0.0543. The van der Waals surface area contributed by atoms with Crippen LogP contribution in [0.1, 0.15) is 0 Å². The molecule has 1 aromatic heterocycles. The number of ether oxygens (including phenoxy) is 2. The fraction of sp³-hybridized carbons (Fsp3) is 0.286. The lowest BCUT2D eigenvalue weighted by molar-refractivity contribution is 0.0499. The summed E-state index contributed by atoms with van der Waals surface area (Å²) in [7, 11) is 1.48. The number of pyridine rings is 1. The smallest absolute Gasteiger partial charge is 0.188 e. The average molecular weight is 317 g/mol. The Morgan fingerprint density at radius 2 is 2.38 bits per heavy atom. The van der Waals surface area contributed by atoms with Crippen LogP contribution in [0.2, 0.25) is 5.15 Å². The highest BCUT2D eigenvalue weighted by Crippen LogP contribution is 2.26. The quantitative estimate of drug-likeness (QED) is 0.487. The SMILES string of the molecule is COCOc1cnc(Cl)c(F)c1I. The molecule has 72 valence electrons. The Labute approximate surface area is 93.3 Å². The number of hydrogen-bond donors (Lipinski definition) is 0. The van der Waals surface area contributed by atoms with Crippen molar-refractivity contribution in [2.45, 2.75) is 0 Å². The van der Waals surface area contributed by atoms with Crippen LogP contribution in [0.25, 0.3) is 0 Å². The van der Waals surface area contributed by atoms with Gasteiger partial charge in [0.2, 0.25) is 0 Å². The van der Waals surface area contributed by atoms with Gasteiger partial charge in [-0.05, 0) is 22.6 Å². The minimum absolute atomic E-state index is 0.0543. The molecule has 1 aromatic rings. The lowest BCUT2D eigenvalue weighted by Crippen LogP contribution is -2.02. The highest BCUT2D eigenvalue weighted by molar-refractivity contribution is 14.1. The highest BCUT2D eigenvalue weighted by atomic mass is 127. The molecule has 0 N–H and O–H groups in total. The first-order chi connectivity index (χ1) is 6.16. The zero-order valence-corrected chi connectivity index (χ0v) is 9.60. The standard InChI is InChI=1S/C7H6ClFINO2/c1-12-3-13-4-2-11-7(8)5(9)6(4)10/h2H,3H2,1H3. The summed E-state index contributed by atoms with van der Waals surface area (Å²) in [5.74, 6) is -0.250. The summed E-state index contributed by atoms with van der Waals surface area (Å²) >= 11 is 7.23. The van der Waals surface area contributed by atoms with Gasteiger partial charge in [0.15, 0.2) is 23.5 Å². The van der Waals surface area contributed by atoms with Gasteiger partial charge >= 0.3 is 0 Å². The van der Waals surface area contributed by atoms with Crippen molar-refractivity contribution >= 4 is 34.2 Å². The van der Waals surface area contributed by atoms with Crippen molar-refractivity contribution in [3.05, 3.63) is 20.7 Å². The molecule has 0 atom stereocenters. The van der Waals surface area contributed by atoms with Crippen LogP contribution in [-0.2, 0) is 4.74 Å². The molecule has 0 aromatic carbocycles. The Kier molecular flexibility index (Phi) is 4.14. The fourth-order valence-electron chi connectivity index (χ4n) is 0.650. The molecular weight excluding hydrogens is 311 g/mol. The maximum atomic E-state index is 13.1. The molecule has 0 spiro atoms. The predicted molar refractivity (Wildman–Crippen MR) is 54.4 cm³/mol. The van der Waals surface area contributed by atoms with E-state index >= 15 is 0 Å². The van der Waals surface area contributed by atoms with Gasteiger partial charge in [0, 0.05) is 7.11 Å². The van der Waals surface area contributed by atoms with Crippen molar-refractivity contribution in [1.82, 2.24) is 4.98 Å². The van der Waals surface area contributed by atoms with Gasteiger partial charge < -0.3 is 9.47 Å². The van der Waals surface area contributed by atoms with E-state index in [9.17, 15) is 4.39 Å². The molecule has 0 fully saturated rings. The van der Waals surface area contributed by atoms with Gasteiger partial charge in [0.25, 0.3) is 0 Å². The van der Waals surface area contributed by atoms with Crippen LogP contribution in [0.3, 0.4) is 0 Å². The number of halogens is 3. The Bertz CT molecular complexity index is 311. The van der Waals surface area contributed by atoms with E-state index < -0.39 is 5.82 Å². The van der Waals surface area contributed by atoms with E-state index in [1.54, 1.807) is 22.6 Å². The van der Waals surface area contributed by atoms with Gasteiger partial charge in [-0.2, -0.15) is 0 Å². The van der Waals surface area contributed by atoms with Crippen molar-refractivity contribution < 1.29 is 13.9 Å². The molecular formula is C7H6ClFINO2. The Morgan fingerprint density at radius 3 is 3.00 bits per heavy atom. The maximum Gasteiger partial charge on any atom is 0.188 e. The van der Waals surface area contributed by atoms with Crippen molar-refractivity contribution in [3.63, 3.8) is 0 Å². The summed E-state index contributed by atoms with van der Waals surface area (Å²) in [4.78, 5) is 3.60. The van der Waals surface area contributed by atoms with Gasteiger partial charge in [-0.15, -0.1) is 0 Å². The average Bonchev–Trinajstić information content (AvgIpc) is 2.13. The first kappa shape index (κ1) is 10.9. The highest BCUT2D eigenvalue weighted by Gasteiger charge is 2.11. The zero-order chi connectivity index (χ0) is 9.84. The number of methoxy groups -OCH3 is 1. The molecule has 3 nitrogen and oxygen atoms in total. The summed E-state index contributed by atoms with van der Waals surface area (Å²) in [6.07, 6.45) is 1.35. The lowest BCUT2D eigenvalue weighted by Gasteiger charge is -2.06. The van der Waals surface area contributed by atoms with Crippen LogP contribution in [0.4, 0.5) is 4.39 Å². The molecule has 0 saturated carbocycles. The van der Waals surface area contributed by atoms with Crippen LogP contribution >= 0.6 is 34.2 Å². The molecule has 0 aliphatic heterocycles. The van der Waals surface area contributed by atoms with E-state index in [0.29, 0.717) is 9.32 Å². The van der Waals surface area contributed by atoms with Crippen LogP contribution in [-0.4, -0.2) is 18.9 Å². The molecule has 0 saturated heterocycles. The third-order valence-electron chi connectivity index (χ3n) is 1.22. The van der Waals surface area contributed by atoms with E-state index in [2.05, 4.69) is 9.72 Å². The molecule has 0 aliphatic rings. The first-order valence-corrected chi connectivity index (χ1v) is 4.73. The Hall–Kier alpha value is -0.140. The fourth-order valence-corrected chi connectivity index (χ4v) is 1.50. The van der Waals surface area contributed by atoms with Crippen LogP contribution in [0, 0.1) is 9.39 Å². The minimum Gasteiger partial charge on any atom is -0.465 e. The van der Waals surface area contributed by atoms with Gasteiger partial charge in [-0.3, -0.25) is 0 Å². The molecule has 1 heterocycles. The second-order valence-corrected chi connectivity index (χ2v) is 3.53. The molecule has 0 unspecified atom stereocenters. The number of aromatic nitrogens is 1. The topological polar surface area (TPSA) is 31.4 Å². The summed E-state index contributed by atoms with van der Waals surface area (Å²) in [5.41, 5.74) is 0. The van der Waals surface area contributed by atoms with Gasteiger partial charge in [-0.1, -0.05) is 11.6 Å². The lowest BCUT2D eigenvalue weighted by atomic mass is 10.4. The maximum absolute atomic E-state index is 13.1. The summed E-state index contributed by atoms with van der Waals surface area (Å²) in [6, 6.07) is 0. The van der Waals surface area contributed by atoms with E-state index in [4.69, 9.17) is 16.3 Å². The Balaban J connectivity index is 2.90. The van der Waals surface area contributed by atoms with Crippen molar-refractivity contribution in [3.8, 4) is 5.75 Å². The van der Waals surface area contributed by atoms with Gasteiger partial charge in [0.1, 0.15) is 0 Å². The molecule has 0 aliphatic carbocycles. The number of rotatable bonds is 3. The van der Waals surface area contributed by atoms with E-state index in [1.165, 1.54) is 13.3 Å². The van der Waals surface area contributed by atoms with Crippen molar-refractivity contribution in [2.24, 2.45) is 0 Å². The van der Waals surface area contributed by atoms with E-state index in [0.717, 1.165) is 0 Å². The second-order valence-electron chi connectivity index (χ2n) is 2.09. The van der Waals surface area contributed by atoms with Crippen molar-refractivity contribution in [1.29, 1.82) is 0 Å². The van der Waals surface area contributed by atoms with Crippen LogP contribution < -0.4 is 4.74 Å². The molecule has 1 rings (SSSR count). The zero-order valence-electron chi connectivity index (χ0n) is 6.68. The molecule has 13 heavy (non-hydrogen) atoms. The summed E-state index contributed by atoms with van der Waals surface area (Å²) in [5, 5.41) is -0.158. The summed E-state index contributed by atoms with van der Waals surface area (Å²) < 4.78 is 23.1. The van der Waals surface area contributed by atoms with Gasteiger partial charge in [-0.25, -0.2) is 9.37 Å². The Morgan fingerprint density at radius 1 is 1.69 bits per heavy atom. The van der Waals surface area contributed by atoms with Crippen LogP contribution in [0.5, 0.6) is 5.75 Å². The first-order valence-electron chi connectivity index (χ1n) is 3.28. The number of nitrogens with zero attached hydrogens (tertiary/aromatic N) is 1. The predicted octanol–water partition coefficient (Wildman–Crippen LogP) is 2.46. The van der Waals surface area contributed by atoms with Gasteiger partial charge in [0.05, 0.1) is 9.77 Å². The monoisotopic (exact) mass is 317 g/mol. The van der Waals surface area contributed by atoms with E-state index in [1.807, 2.05) is 0 Å². The molecule has 0 bridgehead atoms. The molecule has 0 radical (unpaired) electrons. The third kappa shape index (κ3) is 2.65. The van der Waals surface area contributed by atoms with Crippen LogP contribution in [0.15, 0.2) is 6.20 Å².